The van der Waals surface area contributed by atoms with Gasteiger partial charge in [0, 0.05) is 24.4 Å². The summed E-state index contributed by atoms with van der Waals surface area (Å²) in [6.45, 7) is 1.50. The summed E-state index contributed by atoms with van der Waals surface area (Å²) in [5.41, 5.74) is 1.73. The van der Waals surface area contributed by atoms with Crippen molar-refractivity contribution in [2.75, 3.05) is 13.2 Å². The lowest BCUT2D eigenvalue weighted by Crippen LogP contribution is -2.55. The molecule has 0 bridgehead atoms. The zero-order chi connectivity index (χ0) is 21.0. The van der Waals surface area contributed by atoms with Gasteiger partial charge in [-0.05, 0) is 42.3 Å². The third-order valence-electron chi connectivity index (χ3n) is 4.73. The highest BCUT2D eigenvalue weighted by Crippen LogP contribution is 2.34. The van der Waals surface area contributed by atoms with E-state index in [1.807, 2.05) is 18.2 Å². The predicted octanol–water partition coefficient (Wildman–Crippen LogP) is 5.94. The molecular weight excluding hydrogens is 407 g/mol. The van der Waals surface area contributed by atoms with Crippen LogP contribution in [-0.2, 0) is 4.74 Å². The molecule has 156 valence electrons. The fraction of sp³-hybridized carbons (Fsp3) is 0.381. The molecule has 3 rings (SSSR count). The molecule has 2 aromatic rings. The van der Waals surface area contributed by atoms with Crippen LogP contribution in [0.1, 0.15) is 19.8 Å². The Hall–Kier alpha value is -2.41. The molecule has 0 spiro atoms. The third-order valence-corrected chi connectivity index (χ3v) is 4.96. The molecule has 1 aliphatic heterocycles. The zero-order valence-electron chi connectivity index (χ0n) is 15.8. The average molecular weight is 428 g/mol. The number of benzene rings is 2. The second-order valence-electron chi connectivity index (χ2n) is 6.75. The minimum atomic E-state index is -4.56. The van der Waals surface area contributed by atoms with Crippen LogP contribution in [0.2, 0.25) is 5.02 Å². The second kappa shape index (κ2) is 8.95. The predicted molar refractivity (Wildman–Crippen MR) is 104 cm³/mol. The van der Waals surface area contributed by atoms with Crippen molar-refractivity contribution in [3.8, 4) is 16.9 Å². The normalized spacial score (nSPS) is 19.7. The van der Waals surface area contributed by atoms with Crippen LogP contribution in [0.15, 0.2) is 48.5 Å². The Kier molecular flexibility index (Phi) is 6.57. The molecule has 0 saturated carbocycles. The van der Waals surface area contributed by atoms with E-state index < -0.39 is 24.4 Å². The van der Waals surface area contributed by atoms with E-state index in [2.05, 4.69) is 0 Å². The molecule has 1 amide bonds. The molecule has 0 radical (unpaired) electrons. The number of likely N-dealkylation sites (tertiary alicyclic amines) is 1. The molecule has 1 fully saturated rings. The van der Waals surface area contributed by atoms with E-state index in [4.69, 9.17) is 21.1 Å². The van der Waals surface area contributed by atoms with E-state index in [1.54, 1.807) is 37.3 Å². The molecule has 1 saturated heterocycles. The van der Waals surface area contributed by atoms with Gasteiger partial charge in [0.05, 0.1) is 6.61 Å². The highest BCUT2D eigenvalue weighted by atomic mass is 35.5. The summed E-state index contributed by atoms with van der Waals surface area (Å²) in [5.74, 6) is 0.470. The molecule has 2 unspecified atom stereocenters. The van der Waals surface area contributed by atoms with Crippen molar-refractivity contribution in [3.63, 3.8) is 0 Å². The zero-order valence-corrected chi connectivity index (χ0v) is 16.5. The third kappa shape index (κ3) is 5.35. The second-order valence-corrected chi connectivity index (χ2v) is 7.19. The monoisotopic (exact) mass is 427 g/mol. The van der Waals surface area contributed by atoms with Gasteiger partial charge in [0.15, 0.2) is 0 Å². The number of carbonyl (C=O) groups is 1. The summed E-state index contributed by atoms with van der Waals surface area (Å²) in [6, 6.07) is 12.5. The smallest absolute Gasteiger partial charge is 0.410 e. The number of hydrogen-bond donors (Lipinski definition) is 0. The summed E-state index contributed by atoms with van der Waals surface area (Å²) >= 11 is 6.03. The van der Waals surface area contributed by atoms with Gasteiger partial charge >= 0.3 is 12.3 Å². The molecule has 4 nitrogen and oxygen atoms in total. The lowest BCUT2D eigenvalue weighted by Gasteiger charge is -2.39. The van der Waals surface area contributed by atoms with Gasteiger partial charge in [0.25, 0.3) is 0 Å². The SMILES string of the molecule is CCOC(=O)N1CCC(Oc2cccc(-c3cccc(Cl)c3)c2)CC1C(F)(F)F. The Morgan fingerprint density at radius 2 is 1.86 bits per heavy atom. The summed E-state index contributed by atoms with van der Waals surface area (Å²) in [5, 5.41) is 0.591. The first-order chi connectivity index (χ1) is 13.8. The fourth-order valence-corrected chi connectivity index (χ4v) is 3.58. The topological polar surface area (TPSA) is 38.8 Å². The maximum absolute atomic E-state index is 13.5. The van der Waals surface area contributed by atoms with Gasteiger partial charge in [-0.1, -0.05) is 35.9 Å². The van der Waals surface area contributed by atoms with Gasteiger partial charge in [0.1, 0.15) is 17.9 Å². The molecule has 0 N–H and O–H groups in total. The molecule has 29 heavy (non-hydrogen) atoms. The lowest BCUT2D eigenvalue weighted by molar-refractivity contribution is -0.192. The highest BCUT2D eigenvalue weighted by molar-refractivity contribution is 6.30. The van der Waals surface area contributed by atoms with Crippen LogP contribution in [0.5, 0.6) is 5.75 Å². The van der Waals surface area contributed by atoms with Crippen LogP contribution in [0.3, 0.4) is 0 Å². The molecule has 2 atom stereocenters. The van der Waals surface area contributed by atoms with Gasteiger partial charge in [-0.15, -0.1) is 0 Å². The standard InChI is InChI=1S/C21H21ClF3NO3/c1-2-28-20(27)26-10-9-18(13-19(26)21(23,24)25)29-17-8-4-6-15(12-17)14-5-3-7-16(22)11-14/h3-8,11-12,18-19H,2,9-10,13H2,1H3. The minimum absolute atomic E-state index is 0.0239. The molecule has 8 heteroatoms. The van der Waals surface area contributed by atoms with Crippen molar-refractivity contribution >= 4 is 17.7 Å². The summed E-state index contributed by atoms with van der Waals surface area (Å²) in [6.07, 6.45) is -6.23. The number of halogens is 4. The molecule has 1 heterocycles. The van der Waals surface area contributed by atoms with Crippen LogP contribution in [0.4, 0.5) is 18.0 Å². The van der Waals surface area contributed by atoms with Gasteiger partial charge in [-0.3, -0.25) is 4.90 Å². The van der Waals surface area contributed by atoms with Crippen molar-refractivity contribution in [2.45, 2.75) is 38.1 Å². The Morgan fingerprint density at radius 1 is 1.17 bits per heavy atom. The molecular formula is C21H21ClF3NO3. The average Bonchev–Trinajstić information content (AvgIpc) is 2.68. The van der Waals surface area contributed by atoms with Gasteiger partial charge in [0.2, 0.25) is 0 Å². The summed E-state index contributed by atoms with van der Waals surface area (Å²) < 4.78 is 51.1. The van der Waals surface area contributed by atoms with E-state index in [0.29, 0.717) is 10.8 Å². The molecule has 0 aromatic heterocycles. The number of hydrogen-bond acceptors (Lipinski definition) is 3. The van der Waals surface area contributed by atoms with Crippen molar-refractivity contribution in [1.29, 1.82) is 0 Å². The highest BCUT2D eigenvalue weighted by Gasteiger charge is 2.49. The van der Waals surface area contributed by atoms with E-state index in [-0.39, 0.29) is 26.0 Å². The van der Waals surface area contributed by atoms with Crippen LogP contribution in [0.25, 0.3) is 11.1 Å². The van der Waals surface area contributed by atoms with Crippen LogP contribution < -0.4 is 4.74 Å². The van der Waals surface area contributed by atoms with E-state index in [9.17, 15) is 18.0 Å². The largest absolute Gasteiger partial charge is 0.490 e. The van der Waals surface area contributed by atoms with E-state index >= 15 is 0 Å². The Balaban J connectivity index is 1.74. The number of rotatable bonds is 4. The number of amides is 1. The molecule has 2 aromatic carbocycles. The summed E-state index contributed by atoms with van der Waals surface area (Å²) in [4.78, 5) is 12.6. The molecule has 1 aliphatic rings. The number of nitrogens with zero attached hydrogens (tertiary/aromatic N) is 1. The van der Waals surface area contributed by atoms with Crippen LogP contribution >= 0.6 is 11.6 Å². The Bertz CT molecular complexity index is 859. The quantitative estimate of drug-likeness (QED) is 0.606. The first-order valence-electron chi connectivity index (χ1n) is 9.30. The van der Waals surface area contributed by atoms with Crippen LogP contribution in [-0.4, -0.2) is 42.5 Å². The maximum Gasteiger partial charge on any atom is 0.410 e. The lowest BCUT2D eigenvalue weighted by atomic mass is 9.99. The van der Waals surface area contributed by atoms with Crippen LogP contribution in [0, 0.1) is 0 Å². The van der Waals surface area contributed by atoms with Gasteiger partial charge in [-0.2, -0.15) is 13.2 Å². The van der Waals surface area contributed by atoms with E-state index in [1.165, 1.54) is 0 Å². The van der Waals surface area contributed by atoms with Crippen molar-refractivity contribution < 1.29 is 27.4 Å². The van der Waals surface area contributed by atoms with Gasteiger partial charge < -0.3 is 9.47 Å². The first kappa shape index (κ1) is 21.3. The fourth-order valence-electron chi connectivity index (χ4n) is 3.38. The Morgan fingerprint density at radius 3 is 2.52 bits per heavy atom. The summed E-state index contributed by atoms with van der Waals surface area (Å²) in [7, 11) is 0. The van der Waals surface area contributed by atoms with Crippen molar-refractivity contribution in [1.82, 2.24) is 4.90 Å². The Labute approximate surface area is 172 Å². The number of alkyl halides is 3. The number of piperidine rings is 1. The number of ether oxygens (including phenoxy) is 2. The van der Waals surface area contributed by atoms with Crippen molar-refractivity contribution in [3.05, 3.63) is 53.6 Å². The van der Waals surface area contributed by atoms with E-state index in [0.717, 1.165) is 16.0 Å². The minimum Gasteiger partial charge on any atom is -0.490 e. The maximum atomic E-state index is 13.5. The first-order valence-corrected chi connectivity index (χ1v) is 9.68. The van der Waals surface area contributed by atoms with Crippen molar-refractivity contribution in [2.24, 2.45) is 0 Å². The molecule has 0 aliphatic carbocycles. The number of carbonyl (C=O) groups excluding carboxylic acids is 1. The van der Waals surface area contributed by atoms with Gasteiger partial charge in [-0.25, -0.2) is 4.79 Å².